The van der Waals surface area contributed by atoms with Gasteiger partial charge in [0.1, 0.15) is 0 Å². The highest BCUT2D eigenvalue weighted by molar-refractivity contribution is 5.48. The summed E-state index contributed by atoms with van der Waals surface area (Å²) in [7, 11) is 1.81. The zero-order valence-corrected chi connectivity index (χ0v) is 9.49. The van der Waals surface area contributed by atoms with Gasteiger partial charge in [-0.25, -0.2) is 0 Å². The predicted octanol–water partition coefficient (Wildman–Crippen LogP) is 2.41. The van der Waals surface area contributed by atoms with Crippen LogP contribution in [0.1, 0.15) is 18.4 Å². The molecule has 1 fully saturated rings. The Hall–Kier alpha value is -1.02. The molecular formula is C13H18NO. The quantitative estimate of drug-likeness (QED) is 0.733. The van der Waals surface area contributed by atoms with Gasteiger partial charge in [-0.3, -0.25) is 0 Å². The van der Waals surface area contributed by atoms with E-state index in [0.717, 1.165) is 25.9 Å². The van der Waals surface area contributed by atoms with E-state index in [1.54, 1.807) is 7.11 Å². The van der Waals surface area contributed by atoms with Gasteiger partial charge in [0, 0.05) is 25.9 Å². The zero-order valence-electron chi connectivity index (χ0n) is 9.49. The fourth-order valence-electron chi connectivity index (χ4n) is 2.11. The number of methoxy groups -OCH3 is 1. The monoisotopic (exact) mass is 204 g/mol. The first-order valence-corrected chi connectivity index (χ1v) is 5.55. The molecule has 0 spiro atoms. The highest BCUT2D eigenvalue weighted by Gasteiger charge is 2.18. The number of benzene rings is 1. The summed E-state index contributed by atoms with van der Waals surface area (Å²) in [6.07, 6.45) is 2.71. The average Bonchev–Trinajstić information content (AvgIpc) is 2.29. The van der Waals surface area contributed by atoms with Gasteiger partial charge in [0.2, 0.25) is 0 Å². The van der Waals surface area contributed by atoms with Gasteiger partial charge in [0.25, 0.3) is 0 Å². The van der Waals surface area contributed by atoms with Gasteiger partial charge in [-0.2, -0.15) is 0 Å². The van der Waals surface area contributed by atoms with Crippen LogP contribution in [0.4, 0.5) is 5.69 Å². The molecule has 0 unspecified atom stereocenters. The lowest BCUT2D eigenvalue weighted by molar-refractivity contribution is 0.0819. The zero-order chi connectivity index (χ0) is 10.7. The Morgan fingerprint density at radius 3 is 2.67 bits per heavy atom. The number of rotatable bonds is 2. The van der Waals surface area contributed by atoms with Gasteiger partial charge in [0.15, 0.2) is 0 Å². The van der Waals surface area contributed by atoms with Crippen LogP contribution in [0.3, 0.4) is 0 Å². The summed E-state index contributed by atoms with van der Waals surface area (Å²) in [5, 5.41) is 0. The van der Waals surface area contributed by atoms with Crippen LogP contribution in [0.2, 0.25) is 0 Å². The molecule has 1 aliphatic heterocycles. The van der Waals surface area contributed by atoms with Crippen LogP contribution in [0.5, 0.6) is 0 Å². The van der Waals surface area contributed by atoms with Crippen molar-refractivity contribution in [1.82, 2.24) is 0 Å². The molecule has 2 heteroatoms. The molecule has 0 amide bonds. The highest BCUT2D eigenvalue weighted by Crippen LogP contribution is 2.21. The number of hydrogen-bond acceptors (Lipinski definition) is 2. The minimum Gasteiger partial charge on any atom is -0.381 e. The van der Waals surface area contributed by atoms with Crippen molar-refractivity contribution >= 4 is 5.69 Å². The van der Waals surface area contributed by atoms with Gasteiger partial charge in [0.05, 0.1) is 6.10 Å². The molecule has 0 N–H and O–H groups in total. The Morgan fingerprint density at radius 2 is 2.07 bits per heavy atom. The van der Waals surface area contributed by atoms with Gasteiger partial charge in [-0.05, 0) is 43.5 Å². The van der Waals surface area contributed by atoms with Crippen LogP contribution < -0.4 is 4.90 Å². The van der Waals surface area contributed by atoms with Crippen molar-refractivity contribution < 1.29 is 4.74 Å². The SMILES string of the molecule is COC1CCN(c2c[c]cc(C)c2)CC1. The maximum absolute atomic E-state index is 5.36. The van der Waals surface area contributed by atoms with Crippen LogP contribution in [-0.4, -0.2) is 26.3 Å². The van der Waals surface area contributed by atoms with E-state index >= 15 is 0 Å². The lowest BCUT2D eigenvalue weighted by Gasteiger charge is -2.33. The predicted molar refractivity (Wildman–Crippen MR) is 62.3 cm³/mol. The van der Waals surface area contributed by atoms with Crippen LogP contribution in [0.15, 0.2) is 18.2 Å². The van der Waals surface area contributed by atoms with Crippen LogP contribution in [0, 0.1) is 13.0 Å². The first kappa shape index (κ1) is 10.5. The lowest BCUT2D eigenvalue weighted by Crippen LogP contribution is -2.36. The van der Waals surface area contributed by atoms with E-state index < -0.39 is 0 Å². The van der Waals surface area contributed by atoms with Gasteiger partial charge in [-0.15, -0.1) is 0 Å². The van der Waals surface area contributed by atoms with Crippen molar-refractivity contribution in [3.63, 3.8) is 0 Å². The summed E-state index contributed by atoms with van der Waals surface area (Å²) in [4.78, 5) is 2.42. The van der Waals surface area contributed by atoms with E-state index in [1.165, 1.54) is 11.3 Å². The Labute approximate surface area is 91.9 Å². The number of anilines is 1. The smallest absolute Gasteiger partial charge is 0.0605 e. The fraction of sp³-hybridized carbons (Fsp3) is 0.538. The third-order valence-electron chi connectivity index (χ3n) is 3.06. The van der Waals surface area contributed by atoms with Crippen molar-refractivity contribution in [2.75, 3.05) is 25.1 Å². The topological polar surface area (TPSA) is 12.5 Å². The first-order chi connectivity index (χ1) is 7.29. The van der Waals surface area contributed by atoms with Crippen LogP contribution in [-0.2, 0) is 4.74 Å². The summed E-state index contributed by atoms with van der Waals surface area (Å²) < 4.78 is 5.36. The summed E-state index contributed by atoms with van der Waals surface area (Å²) in [6.45, 7) is 4.30. The lowest BCUT2D eigenvalue weighted by atomic mass is 10.1. The van der Waals surface area contributed by atoms with E-state index in [1.807, 2.05) is 6.07 Å². The summed E-state index contributed by atoms with van der Waals surface area (Å²) in [6, 6.07) is 9.49. The molecule has 0 aromatic heterocycles. The van der Waals surface area contributed by atoms with Crippen LogP contribution >= 0.6 is 0 Å². The second-order valence-corrected chi connectivity index (χ2v) is 4.19. The normalized spacial score (nSPS) is 18.1. The van der Waals surface area contributed by atoms with Gasteiger partial charge in [-0.1, -0.05) is 6.07 Å². The number of aryl methyl sites for hydroxylation is 1. The number of ether oxygens (including phenoxy) is 1. The summed E-state index contributed by atoms with van der Waals surface area (Å²) in [5.74, 6) is 0. The molecule has 81 valence electrons. The van der Waals surface area contributed by atoms with E-state index in [2.05, 4.69) is 30.0 Å². The minimum absolute atomic E-state index is 0.454. The number of piperidine rings is 1. The maximum atomic E-state index is 5.36. The molecule has 2 nitrogen and oxygen atoms in total. The number of nitrogens with zero attached hydrogens (tertiary/aromatic N) is 1. The third kappa shape index (κ3) is 2.51. The Balaban J connectivity index is 2.01. The molecule has 1 aromatic carbocycles. The second kappa shape index (κ2) is 4.67. The van der Waals surface area contributed by atoms with Gasteiger partial charge < -0.3 is 9.64 Å². The average molecular weight is 204 g/mol. The van der Waals surface area contributed by atoms with E-state index in [0.29, 0.717) is 6.10 Å². The van der Waals surface area contributed by atoms with Crippen molar-refractivity contribution in [1.29, 1.82) is 0 Å². The molecule has 0 aliphatic carbocycles. The number of hydrogen-bond donors (Lipinski definition) is 0. The molecule has 1 aromatic rings. The van der Waals surface area contributed by atoms with Crippen molar-refractivity contribution in [3.05, 3.63) is 29.8 Å². The molecule has 0 saturated carbocycles. The Kier molecular flexibility index (Phi) is 3.27. The molecule has 0 bridgehead atoms. The summed E-state index contributed by atoms with van der Waals surface area (Å²) in [5.41, 5.74) is 2.57. The van der Waals surface area contributed by atoms with E-state index in [-0.39, 0.29) is 0 Å². The molecule has 1 heterocycles. The van der Waals surface area contributed by atoms with Gasteiger partial charge >= 0.3 is 0 Å². The molecule has 2 rings (SSSR count). The van der Waals surface area contributed by atoms with E-state index in [9.17, 15) is 0 Å². The second-order valence-electron chi connectivity index (χ2n) is 4.19. The van der Waals surface area contributed by atoms with E-state index in [4.69, 9.17) is 4.74 Å². The minimum atomic E-state index is 0.454. The molecular weight excluding hydrogens is 186 g/mol. The molecule has 15 heavy (non-hydrogen) atoms. The molecule has 1 radical (unpaired) electrons. The maximum Gasteiger partial charge on any atom is 0.0605 e. The molecule has 1 aliphatic rings. The molecule has 1 saturated heterocycles. The first-order valence-electron chi connectivity index (χ1n) is 5.55. The van der Waals surface area contributed by atoms with Crippen molar-refractivity contribution in [2.45, 2.75) is 25.9 Å². The standard InChI is InChI=1S/C13H18NO/c1-11-4-3-5-12(10-11)14-8-6-13(15-2)7-9-14/h4-5,10,13H,6-9H2,1-2H3. The van der Waals surface area contributed by atoms with Crippen molar-refractivity contribution in [2.24, 2.45) is 0 Å². The highest BCUT2D eigenvalue weighted by atomic mass is 16.5. The molecule has 0 atom stereocenters. The Bertz CT molecular complexity index is 316. The van der Waals surface area contributed by atoms with Crippen molar-refractivity contribution in [3.8, 4) is 0 Å². The Morgan fingerprint density at radius 1 is 1.33 bits per heavy atom. The summed E-state index contributed by atoms with van der Waals surface area (Å²) >= 11 is 0. The fourth-order valence-corrected chi connectivity index (χ4v) is 2.11. The van der Waals surface area contributed by atoms with Crippen LogP contribution in [0.25, 0.3) is 0 Å². The largest absolute Gasteiger partial charge is 0.381 e. The third-order valence-corrected chi connectivity index (χ3v) is 3.06.